The third-order valence-electron chi connectivity index (χ3n) is 5.44. The van der Waals surface area contributed by atoms with Crippen molar-refractivity contribution in [3.63, 3.8) is 0 Å². The molecule has 0 radical (unpaired) electrons. The van der Waals surface area contributed by atoms with Gasteiger partial charge in [-0.15, -0.1) is 0 Å². The van der Waals surface area contributed by atoms with E-state index >= 15 is 0 Å². The average molecular weight is 479 g/mol. The van der Waals surface area contributed by atoms with Crippen molar-refractivity contribution in [2.75, 3.05) is 26.4 Å². The van der Waals surface area contributed by atoms with Crippen molar-refractivity contribution in [3.8, 4) is 45.3 Å². The molecule has 0 saturated heterocycles. The van der Waals surface area contributed by atoms with Gasteiger partial charge in [0.2, 0.25) is 0 Å². The van der Waals surface area contributed by atoms with Gasteiger partial charge in [0, 0.05) is 0 Å². The predicted molar refractivity (Wildman–Crippen MR) is 146 cm³/mol. The van der Waals surface area contributed by atoms with Crippen LogP contribution in [0.15, 0.2) is 122 Å². The molecule has 0 unspecified atom stereocenters. The minimum absolute atomic E-state index is 0.461. The van der Waals surface area contributed by atoms with E-state index in [9.17, 15) is 0 Å². The molecule has 0 N–H and O–H groups in total. The fraction of sp³-hybridized carbons (Fsp3) is 0.125. The Bertz CT molecular complexity index is 1120. The highest BCUT2D eigenvalue weighted by Crippen LogP contribution is 2.26. The van der Waals surface area contributed by atoms with Gasteiger partial charge in [-0.05, 0) is 70.8 Å². The SMILES string of the molecule is C=CCOc1ccc(-c2ccc(OCCOc3ccc(-c4ccc(OCC=C)cc4)cc3)cc2)cc1. The molecule has 182 valence electrons. The summed E-state index contributed by atoms with van der Waals surface area (Å²) in [6.45, 7) is 9.25. The van der Waals surface area contributed by atoms with Crippen molar-refractivity contribution in [2.45, 2.75) is 0 Å². The monoisotopic (exact) mass is 478 g/mol. The van der Waals surface area contributed by atoms with Crippen LogP contribution in [0.4, 0.5) is 0 Å². The van der Waals surface area contributed by atoms with E-state index in [1.165, 1.54) is 0 Å². The van der Waals surface area contributed by atoms with Crippen molar-refractivity contribution >= 4 is 0 Å². The Kier molecular flexibility index (Phi) is 8.82. The molecule has 0 aliphatic carbocycles. The maximum atomic E-state index is 5.84. The normalized spacial score (nSPS) is 10.3. The van der Waals surface area contributed by atoms with Crippen LogP contribution in [0.1, 0.15) is 0 Å². The van der Waals surface area contributed by atoms with E-state index in [0.717, 1.165) is 45.3 Å². The van der Waals surface area contributed by atoms with E-state index in [-0.39, 0.29) is 0 Å². The summed E-state index contributed by atoms with van der Waals surface area (Å²) in [6.07, 6.45) is 3.47. The number of hydrogen-bond acceptors (Lipinski definition) is 4. The van der Waals surface area contributed by atoms with Gasteiger partial charge in [-0.3, -0.25) is 0 Å². The fourth-order valence-corrected chi connectivity index (χ4v) is 3.60. The molecule has 0 aliphatic rings. The van der Waals surface area contributed by atoms with Crippen molar-refractivity contribution in [2.24, 2.45) is 0 Å². The van der Waals surface area contributed by atoms with Crippen LogP contribution in [0, 0.1) is 0 Å². The summed E-state index contributed by atoms with van der Waals surface area (Å²) in [5.74, 6) is 3.28. The smallest absolute Gasteiger partial charge is 0.122 e. The quantitative estimate of drug-likeness (QED) is 0.146. The zero-order chi connectivity index (χ0) is 25.0. The highest BCUT2D eigenvalue weighted by Gasteiger charge is 2.02. The molecule has 0 fully saturated rings. The van der Waals surface area contributed by atoms with Gasteiger partial charge in [-0.25, -0.2) is 0 Å². The lowest BCUT2D eigenvalue weighted by molar-refractivity contribution is 0.217. The summed E-state index contributed by atoms with van der Waals surface area (Å²) in [5.41, 5.74) is 4.48. The number of hydrogen-bond donors (Lipinski definition) is 0. The van der Waals surface area contributed by atoms with Gasteiger partial charge >= 0.3 is 0 Å². The third-order valence-corrected chi connectivity index (χ3v) is 5.44. The number of rotatable bonds is 13. The Hall–Kier alpha value is -4.44. The Morgan fingerprint density at radius 1 is 0.389 bits per heavy atom. The third kappa shape index (κ3) is 7.03. The maximum Gasteiger partial charge on any atom is 0.122 e. The van der Waals surface area contributed by atoms with E-state index in [0.29, 0.717) is 26.4 Å². The second kappa shape index (κ2) is 12.9. The van der Waals surface area contributed by atoms with Crippen LogP contribution >= 0.6 is 0 Å². The summed E-state index contributed by atoms with van der Waals surface area (Å²) in [6, 6.07) is 32.1. The Morgan fingerprint density at radius 3 is 0.889 bits per heavy atom. The molecule has 0 spiro atoms. The molecule has 36 heavy (non-hydrogen) atoms. The fourth-order valence-electron chi connectivity index (χ4n) is 3.60. The summed E-state index contributed by atoms with van der Waals surface area (Å²) in [5, 5.41) is 0. The van der Waals surface area contributed by atoms with Gasteiger partial charge in [0.1, 0.15) is 49.4 Å². The summed E-state index contributed by atoms with van der Waals surface area (Å²) in [4.78, 5) is 0. The average Bonchev–Trinajstić information content (AvgIpc) is 2.94. The summed E-state index contributed by atoms with van der Waals surface area (Å²) >= 11 is 0. The lowest BCUT2D eigenvalue weighted by Gasteiger charge is -2.10. The van der Waals surface area contributed by atoms with E-state index in [1.54, 1.807) is 12.2 Å². The molecule has 4 rings (SSSR count). The molecular formula is C32H30O4. The van der Waals surface area contributed by atoms with Gasteiger partial charge < -0.3 is 18.9 Å². The molecule has 0 aromatic heterocycles. The zero-order valence-corrected chi connectivity index (χ0v) is 20.3. The van der Waals surface area contributed by atoms with Crippen LogP contribution in [0.2, 0.25) is 0 Å². The molecular weight excluding hydrogens is 448 g/mol. The first-order valence-corrected chi connectivity index (χ1v) is 11.9. The molecule has 0 heterocycles. The first-order chi connectivity index (χ1) is 17.7. The van der Waals surface area contributed by atoms with Crippen LogP contribution in [0.5, 0.6) is 23.0 Å². The standard InChI is InChI=1S/C32H30O4/c1-3-21-33-29-13-5-25(6-14-29)27-9-17-31(18-10-27)35-23-24-36-32-19-11-28(12-20-32)26-7-15-30(16-8-26)34-22-4-2/h3-20H,1-2,21-24H2. The lowest BCUT2D eigenvalue weighted by Crippen LogP contribution is -2.08. The van der Waals surface area contributed by atoms with Gasteiger partial charge in [-0.2, -0.15) is 0 Å². The molecule has 0 bridgehead atoms. The Labute approximate surface area is 213 Å². The minimum Gasteiger partial charge on any atom is -0.490 e. The molecule has 0 saturated carbocycles. The molecule has 4 aromatic rings. The number of ether oxygens (including phenoxy) is 4. The summed E-state index contributed by atoms with van der Waals surface area (Å²) < 4.78 is 22.8. The molecule has 4 aromatic carbocycles. The zero-order valence-electron chi connectivity index (χ0n) is 20.3. The lowest BCUT2D eigenvalue weighted by atomic mass is 10.1. The van der Waals surface area contributed by atoms with Gasteiger partial charge in [0.15, 0.2) is 0 Å². The van der Waals surface area contributed by atoms with Crippen molar-refractivity contribution in [1.29, 1.82) is 0 Å². The molecule has 4 heteroatoms. The van der Waals surface area contributed by atoms with E-state index in [2.05, 4.69) is 13.2 Å². The molecule has 0 aliphatic heterocycles. The van der Waals surface area contributed by atoms with Gasteiger partial charge in [-0.1, -0.05) is 73.8 Å². The predicted octanol–water partition coefficient (Wildman–Crippen LogP) is 7.61. The maximum absolute atomic E-state index is 5.84. The molecule has 4 nitrogen and oxygen atoms in total. The highest BCUT2D eigenvalue weighted by atomic mass is 16.5. The van der Waals surface area contributed by atoms with E-state index in [4.69, 9.17) is 18.9 Å². The van der Waals surface area contributed by atoms with E-state index < -0.39 is 0 Å². The molecule has 0 amide bonds. The topological polar surface area (TPSA) is 36.9 Å². The van der Waals surface area contributed by atoms with Gasteiger partial charge in [0.05, 0.1) is 0 Å². The van der Waals surface area contributed by atoms with Crippen LogP contribution in [0.3, 0.4) is 0 Å². The largest absolute Gasteiger partial charge is 0.490 e. The molecule has 0 atom stereocenters. The Morgan fingerprint density at radius 2 is 0.639 bits per heavy atom. The first-order valence-electron chi connectivity index (χ1n) is 11.9. The van der Waals surface area contributed by atoms with Crippen molar-refractivity contribution < 1.29 is 18.9 Å². The second-order valence-electron chi connectivity index (χ2n) is 7.99. The number of benzene rings is 4. The van der Waals surface area contributed by atoms with Crippen LogP contribution in [-0.2, 0) is 0 Å². The minimum atomic E-state index is 0.461. The first kappa shape index (κ1) is 24.7. The van der Waals surface area contributed by atoms with Crippen LogP contribution < -0.4 is 18.9 Å². The Balaban J connectivity index is 1.22. The van der Waals surface area contributed by atoms with Crippen LogP contribution in [0.25, 0.3) is 22.3 Å². The van der Waals surface area contributed by atoms with Gasteiger partial charge in [0.25, 0.3) is 0 Å². The van der Waals surface area contributed by atoms with Crippen LogP contribution in [-0.4, -0.2) is 26.4 Å². The highest BCUT2D eigenvalue weighted by molar-refractivity contribution is 5.65. The van der Waals surface area contributed by atoms with Crippen molar-refractivity contribution in [3.05, 3.63) is 122 Å². The second-order valence-corrected chi connectivity index (χ2v) is 7.99. The van der Waals surface area contributed by atoms with Crippen molar-refractivity contribution in [1.82, 2.24) is 0 Å². The summed E-state index contributed by atoms with van der Waals surface area (Å²) in [7, 11) is 0. The van der Waals surface area contributed by atoms with E-state index in [1.807, 2.05) is 97.1 Å².